The first kappa shape index (κ1) is 15.3. The Hall–Kier alpha value is -2.61. The summed E-state index contributed by atoms with van der Waals surface area (Å²) in [7, 11) is 0. The summed E-state index contributed by atoms with van der Waals surface area (Å²) in [6.45, 7) is 1.62. The number of amides is 1. The number of anilines is 1. The third kappa shape index (κ3) is 2.98. The lowest BCUT2D eigenvalue weighted by Crippen LogP contribution is -2.31. The van der Waals surface area contributed by atoms with Gasteiger partial charge in [0.25, 0.3) is 5.56 Å². The number of pyridine rings is 1. The quantitative estimate of drug-likeness (QED) is 0.911. The van der Waals surface area contributed by atoms with Gasteiger partial charge in [-0.1, -0.05) is 11.8 Å². The number of nitrogens with zero attached hydrogens (tertiary/aromatic N) is 3. The first-order valence-electron chi connectivity index (χ1n) is 6.68. The molecule has 8 heteroatoms. The maximum absolute atomic E-state index is 13.1. The van der Waals surface area contributed by atoms with Crippen LogP contribution in [0.1, 0.15) is 5.69 Å². The predicted octanol–water partition coefficient (Wildman–Crippen LogP) is 1.90. The maximum atomic E-state index is 13.1. The molecule has 0 unspecified atom stereocenters. The lowest BCUT2D eigenvalue weighted by atomic mass is 10.3. The summed E-state index contributed by atoms with van der Waals surface area (Å²) < 4.78 is 14.2. The van der Waals surface area contributed by atoms with Crippen LogP contribution in [0.3, 0.4) is 0 Å². The van der Waals surface area contributed by atoms with E-state index >= 15 is 0 Å². The van der Waals surface area contributed by atoms with Gasteiger partial charge in [-0.2, -0.15) is 4.68 Å². The molecule has 1 aliphatic rings. The maximum Gasteiger partial charge on any atom is 0.274 e. The molecule has 2 aromatic rings. The third-order valence-electron chi connectivity index (χ3n) is 3.21. The number of carbonyl (C=O) groups excluding carboxylic acids is 1. The van der Waals surface area contributed by atoms with Crippen LogP contribution < -0.4 is 10.5 Å². The number of hydrogen-bond acceptors (Lipinski definition) is 5. The molecule has 0 aliphatic carbocycles. The van der Waals surface area contributed by atoms with E-state index in [4.69, 9.17) is 0 Å². The van der Waals surface area contributed by atoms with E-state index in [0.29, 0.717) is 16.5 Å². The van der Waals surface area contributed by atoms with Gasteiger partial charge in [-0.25, -0.2) is 4.39 Å². The van der Waals surface area contributed by atoms with Crippen LogP contribution in [0.2, 0.25) is 0 Å². The zero-order valence-corrected chi connectivity index (χ0v) is 12.9. The van der Waals surface area contributed by atoms with Gasteiger partial charge in [-0.3, -0.25) is 14.5 Å². The van der Waals surface area contributed by atoms with Gasteiger partial charge in [0.2, 0.25) is 5.91 Å². The molecule has 1 saturated heterocycles. The highest BCUT2D eigenvalue weighted by Gasteiger charge is 2.30. The molecule has 1 amide bonds. The van der Waals surface area contributed by atoms with Gasteiger partial charge in [-0.05, 0) is 31.2 Å². The van der Waals surface area contributed by atoms with Crippen molar-refractivity contribution in [3.63, 3.8) is 0 Å². The Morgan fingerprint density at radius 1 is 1.22 bits per heavy atom. The highest BCUT2D eigenvalue weighted by Crippen LogP contribution is 2.27. The smallest absolute Gasteiger partial charge is 0.274 e. The van der Waals surface area contributed by atoms with Crippen molar-refractivity contribution in [2.45, 2.75) is 6.92 Å². The zero-order valence-electron chi connectivity index (χ0n) is 12.1. The Labute approximate surface area is 134 Å². The van der Waals surface area contributed by atoms with Crippen molar-refractivity contribution in [3.8, 4) is 5.75 Å². The summed E-state index contributed by atoms with van der Waals surface area (Å²) in [5.74, 6) is -0.571. The van der Waals surface area contributed by atoms with E-state index in [1.54, 1.807) is 6.92 Å². The molecule has 0 atom stereocenters. The van der Waals surface area contributed by atoms with Crippen molar-refractivity contribution in [1.29, 1.82) is 0 Å². The summed E-state index contributed by atoms with van der Waals surface area (Å²) >= 11 is 1.18. The third-order valence-corrected chi connectivity index (χ3v) is 4.12. The van der Waals surface area contributed by atoms with E-state index in [2.05, 4.69) is 5.10 Å². The van der Waals surface area contributed by atoms with Gasteiger partial charge in [-0.15, -0.1) is 5.10 Å². The van der Waals surface area contributed by atoms with Gasteiger partial charge in [0.05, 0.1) is 11.4 Å². The van der Waals surface area contributed by atoms with E-state index in [1.807, 2.05) is 0 Å². The van der Waals surface area contributed by atoms with Crippen molar-refractivity contribution >= 4 is 28.5 Å². The molecule has 1 N–H and O–H groups in total. The van der Waals surface area contributed by atoms with Crippen LogP contribution in [0.5, 0.6) is 5.75 Å². The van der Waals surface area contributed by atoms with E-state index in [1.165, 1.54) is 47.0 Å². The molecule has 1 fully saturated rings. The molecule has 1 aromatic heterocycles. The standard InChI is InChI=1S/C15H12FN3O3S/c1-9-6-12(20)7-13(21)19(9)17-15-18(14(22)8-23-15)11-4-2-10(16)3-5-11/h2-7,20H,8H2,1H3/b17-15-. The summed E-state index contributed by atoms with van der Waals surface area (Å²) in [6.07, 6.45) is 0. The lowest BCUT2D eigenvalue weighted by molar-refractivity contribution is -0.115. The highest BCUT2D eigenvalue weighted by atomic mass is 32.2. The van der Waals surface area contributed by atoms with Crippen LogP contribution in [-0.2, 0) is 4.79 Å². The lowest BCUT2D eigenvalue weighted by Gasteiger charge is -2.16. The molecule has 118 valence electrons. The molecule has 1 aromatic carbocycles. The summed E-state index contributed by atoms with van der Waals surface area (Å²) in [6, 6.07) is 7.89. The van der Waals surface area contributed by atoms with E-state index in [0.717, 1.165) is 10.7 Å². The average molecular weight is 333 g/mol. The van der Waals surface area contributed by atoms with Crippen LogP contribution in [0.25, 0.3) is 0 Å². The number of aromatic nitrogens is 1. The fraction of sp³-hybridized carbons (Fsp3) is 0.133. The van der Waals surface area contributed by atoms with Crippen molar-refractivity contribution in [1.82, 2.24) is 4.68 Å². The largest absolute Gasteiger partial charge is 0.508 e. The monoisotopic (exact) mass is 333 g/mol. The molecule has 0 bridgehead atoms. The van der Waals surface area contributed by atoms with Crippen LogP contribution in [0.15, 0.2) is 46.3 Å². The van der Waals surface area contributed by atoms with Gasteiger partial charge < -0.3 is 5.11 Å². The van der Waals surface area contributed by atoms with Crippen molar-refractivity contribution in [3.05, 3.63) is 58.3 Å². The van der Waals surface area contributed by atoms with Gasteiger partial charge in [0.15, 0.2) is 5.17 Å². The molecule has 3 rings (SSSR count). The first-order valence-corrected chi connectivity index (χ1v) is 7.67. The first-order chi connectivity index (χ1) is 11.0. The van der Waals surface area contributed by atoms with Gasteiger partial charge in [0.1, 0.15) is 11.6 Å². The second-order valence-corrected chi connectivity index (χ2v) is 5.82. The molecule has 0 radical (unpaired) electrons. The van der Waals surface area contributed by atoms with Crippen LogP contribution in [0.4, 0.5) is 10.1 Å². The molecule has 0 saturated carbocycles. The van der Waals surface area contributed by atoms with Crippen LogP contribution in [0, 0.1) is 12.7 Å². The zero-order chi connectivity index (χ0) is 16.6. The van der Waals surface area contributed by atoms with Crippen molar-refractivity contribution < 1.29 is 14.3 Å². The number of thioether (sulfide) groups is 1. The number of rotatable bonds is 2. The minimum Gasteiger partial charge on any atom is -0.508 e. The molecular formula is C15H12FN3O3S. The number of hydrogen-bond donors (Lipinski definition) is 1. The fourth-order valence-electron chi connectivity index (χ4n) is 2.17. The second kappa shape index (κ2) is 5.88. The number of aryl methyl sites for hydroxylation is 1. The number of halogens is 1. The molecule has 23 heavy (non-hydrogen) atoms. The highest BCUT2D eigenvalue weighted by molar-refractivity contribution is 8.15. The van der Waals surface area contributed by atoms with Crippen LogP contribution in [-0.4, -0.2) is 26.6 Å². The molecule has 2 heterocycles. The molecular weight excluding hydrogens is 321 g/mol. The van der Waals surface area contributed by atoms with E-state index in [-0.39, 0.29) is 17.4 Å². The van der Waals surface area contributed by atoms with Crippen LogP contribution >= 0.6 is 11.8 Å². The van der Waals surface area contributed by atoms with E-state index < -0.39 is 11.4 Å². The summed E-state index contributed by atoms with van der Waals surface area (Å²) in [4.78, 5) is 25.4. The van der Waals surface area contributed by atoms with Gasteiger partial charge in [0, 0.05) is 17.8 Å². The minimum atomic E-state index is -0.506. The average Bonchev–Trinajstić information content (AvgIpc) is 2.85. The Kier molecular flexibility index (Phi) is 3.91. The van der Waals surface area contributed by atoms with Crippen molar-refractivity contribution in [2.24, 2.45) is 5.10 Å². The summed E-state index contributed by atoms with van der Waals surface area (Å²) in [5.41, 5.74) is 0.403. The Morgan fingerprint density at radius 3 is 2.57 bits per heavy atom. The minimum absolute atomic E-state index is 0.144. The Bertz CT molecular complexity index is 861. The van der Waals surface area contributed by atoms with Crippen molar-refractivity contribution in [2.75, 3.05) is 10.7 Å². The number of carbonyl (C=O) groups is 1. The second-order valence-electron chi connectivity index (χ2n) is 4.88. The number of benzene rings is 1. The SMILES string of the molecule is Cc1cc(O)cc(=O)n1/N=C1\SCC(=O)N1c1ccc(F)cc1. The Morgan fingerprint density at radius 2 is 1.91 bits per heavy atom. The topological polar surface area (TPSA) is 74.9 Å². The molecule has 6 nitrogen and oxygen atoms in total. The number of amidine groups is 1. The molecule has 0 spiro atoms. The Balaban J connectivity index is 2.06. The summed E-state index contributed by atoms with van der Waals surface area (Å²) in [5, 5.41) is 13.9. The molecule has 1 aliphatic heterocycles. The number of aromatic hydroxyl groups is 1. The normalized spacial score (nSPS) is 16.3. The fourth-order valence-corrected chi connectivity index (χ4v) is 3.03. The van der Waals surface area contributed by atoms with Gasteiger partial charge >= 0.3 is 0 Å². The van der Waals surface area contributed by atoms with E-state index in [9.17, 15) is 19.1 Å². The predicted molar refractivity (Wildman–Crippen MR) is 86.3 cm³/mol.